The zero-order chi connectivity index (χ0) is 24.5. The largest absolute Gasteiger partial charge is 0.493 e. The van der Waals surface area contributed by atoms with Crippen LogP contribution >= 0.6 is 0 Å². The normalized spacial score (nSPS) is 11.5. The molecule has 0 heterocycles. The van der Waals surface area contributed by atoms with E-state index in [1.165, 1.54) is 0 Å². The molecule has 4 aromatic carbocycles. The van der Waals surface area contributed by atoms with E-state index in [1.807, 2.05) is 97.1 Å². The van der Waals surface area contributed by atoms with Crippen molar-refractivity contribution in [2.24, 2.45) is 0 Å². The van der Waals surface area contributed by atoms with Gasteiger partial charge in [0.05, 0.1) is 13.0 Å². The molecule has 4 aromatic rings. The van der Waals surface area contributed by atoms with Crippen molar-refractivity contribution in [3.63, 3.8) is 0 Å². The van der Waals surface area contributed by atoms with E-state index in [-0.39, 0.29) is 11.5 Å². The topological polar surface area (TPSA) is 70.8 Å². The van der Waals surface area contributed by atoms with Crippen LogP contribution < -0.4 is 14.2 Å². The predicted molar refractivity (Wildman–Crippen MR) is 135 cm³/mol. The van der Waals surface area contributed by atoms with Crippen molar-refractivity contribution < 1.29 is 19.1 Å². The first-order valence-electron chi connectivity index (χ1n) is 11.4. The van der Waals surface area contributed by atoms with Crippen LogP contribution in [0.2, 0.25) is 0 Å². The molecule has 35 heavy (non-hydrogen) atoms. The third-order valence-corrected chi connectivity index (χ3v) is 5.69. The maximum atomic E-state index is 11.5. The standard InChI is InChI=1S/C29H27NO5/c1-33-29-18-25(14-17-28(29)35-21-23-10-6-3-7-11-23)27(19-30(31)32)24-12-15-26(16-13-24)34-20-22-8-4-2-5-9-22/h2-18,27H,19-21H2,1H3/t27-/m1/s1. The first-order valence-corrected chi connectivity index (χ1v) is 11.4. The minimum absolute atomic E-state index is 0.238. The zero-order valence-corrected chi connectivity index (χ0v) is 19.5. The van der Waals surface area contributed by atoms with Crippen molar-refractivity contribution in [3.8, 4) is 17.2 Å². The van der Waals surface area contributed by atoms with Gasteiger partial charge in [-0.1, -0.05) is 78.9 Å². The van der Waals surface area contributed by atoms with Crippen LogP contribution in [0.1, 0.15) is 28.2 Å². The lowest BCUT2D eigenvalue weighted by Crippen LogP contribution is -2.14. The number of ether oxygens (including phenoxy) is 3. The molecule has 6 nitrogen and oxygen atoms in total. The Morgan fingerprint density at radius 1 is 0.714 bits per heavy atom. The van der Waals surface area contributed by atoms with Crippen molar-refractivity contribution in [1.82, 2.24) is 0 Å². The number of rotatable bonds is 11. The lowest BCUT2D eigenvalue weighted by Gasteiger charge is -2.17. The number of nitrogens with zero attached hydrogens (tertiary/aromatic N) is 1. The van der Waals surface area contributed by atoms with Gasteiger partial charge < -0.3 is 14.2 Å². The van der Waals surface area contributed by atoms with Gasteiger partial charge in [0, 0.05) is 4.92 Å². The van der Waals surface area contributed by atoms with Gasteiger partial charge in [0.15, 0.2) is 11.5 Å². The summed E-state index contributed by atoms with van der Waals surface area (Å²) in [6, 6.07) is 32.7. The quantitative estimate of drug-likeness (QED) is 0.191. The molecule has 0 saturated heterocycles. The highest BCUT2D eigenvalue weighted by Crippen LogP contribution is 2.34. The first-order chi connectivity index (χ1) is 17.1. The van der Waals surface area contributed by atoms with Gasteiger partial charge in [-0.3, -0.25) is 10.1 Å². The Hall–Kier alpha value is -4.32. The molecule has 1 atom stereocenters. The molecule has 0 bridgehead atoms. The van der Waals surface area contributed by atoms with Crippen LogP contribution in [0.25, 0.3) is 0 Å². The Kier molecular flexibility index (Phi) is 7.96. The average molecular weight is 470 g/mol. The van der Waals surface area contributed by atoms with Crippen molar-refractivity contribution in [2.45, 2.75) is 19.1 Å². The number of methoxy groups -OCH3 is 1. The van der Waals surface area contributed by atoms with Gasteiger partial charge >= 0.3 is 0 Å². The van der Waals surface area contributed by atoms with E-state index in [4.69, 9.17) is 14.2 Å². The van der Waals surface area contributed by atoms with Gasteiger partial charge in [-0.05, 0) is 46.5 Å². The second-order valence-corrected chi connectivity index (χ2v) is 8.10. The monoisotopic (exact) mass is 469 g/mol. The number of hydrogen-bond acceptors (Lipinski definition) is 5. The van der Waals surface area contributed by atoms with Gasteiger partial charge in [0.1, 0.15) is 19.0 Å². The van der Waals surface area contributed by atoms with E-state index in [0.717, 1.165) is 22.3 Å². The van der Waals surface area contributed by atoms with E-state index in [2.05, 4.69) is 0 Å². The SMILES string of the molecule is COc1cc([C@H](C[N+](=O)[O-])c2ccc(OCc3ccccc3)cc2)ccc1OCc1ccccc1. The Morgan fingerprint density at radius 2 is 1.29 bits per heavy atom. The lowest BCUT2D eigenvalue weighted by molar-refractivity contribution is -0.481. The van der Waals surface area contributed by atoms with E-state index in [1.54, 1.807) is 13.2 Å². The third kappa shape index (κ3) is 6.60. The van der Waals surface area contributed by atoms with Crippen molar-refractivity contribution in [2.75, 3.05) is 13.7 Å². The molecule has 178 valence electrons. The molecule has 0 radical (unpaired) electrons. The van der Waals surface area contributed by atoms with Crippen molar-refractivity contribution >= 4 is 0 Å². The maximum Gasteiger partial charge on any atom is 0.214 e. The van der Waals surface area contributed by atoms with Crippen LogP contribution in [0.15, 0.2) is 103 Å². The van der Waals surface area contributed by atoms with E-state index in [9.17, 15) is 10.1 Å². The Morgan fingerprint density at radius 3 is 1.86 bits per heavy atom. The number of benzene rings is 4. The Balaban J connectivity index is 1.50. The summed E-state index contributed by atoms with van der Waals surface area (Å²) in [5, 5.41) is 11.5. The zero-order valence-electron chi connectivity index (χ0n) is 19.5. The molecule has 0 saturated carbocycles. The maximum absolute atomic E-state index is 11.5. The molecular weight excluding hydrogens is 442 g/mol. The molecule has 0 aliphatic carbocycles. The highest BCUT2D eigenvalue weighted by molar-refractivity contribution is 5.47. The molecule has 0 spiro atoms. The van der Waals surface area contributed by atoms with E-state index in [0.29, 0.717) is 30.5 Å². The molecule has 0 unspecified atom stereocenters. The van der Waals surface area contributed by atoms with Gasteiger partial charge in [-0.2, -0.15) is 0 Å². The number of nitro groups is 1. The Labute approximate surface area is 204 Å². The van der Waals surface area contributed by atoms with Crippen LogP contribution in [-0.4, -0.2) is 18.6 Å². The first kappa shape index (κ1) is 23.8. The fourth-order valence-electron chi connectivity index (χ4n) is 3.85. The summed E-state index contributed by atoms with van der Waals surface area (Å²) in [6.45, 7) is 0.622. The molecule has 0 fully saturated rings. The van der Waals surface area contributed by atoms with Crippen LogP contribution in [0, 0.1) is 10.1 Å². The molecule has 6 heteroatoms. The summed E-state index contributed by atoms with van der Waals surface area (Å²) in [5.74, 6) is 1.39. The summed E-state index contributed by atoms with van der Waals surface area (Å²) in [7, 11) is 1.57. The van der Waals surface area contributed by atoms with E-state index >= 15 is 0 Å². The molecule has 0 aliphatic heterocycles. The predicted octanol–water partition coefficient (Wildman–Crippen LogP) is 6.26. The number of hydrogen-bond donors (Lipinski definition) is 0. The summed E-state index contributed by atoms with van der Waals surface area (Å²) in [5.41, 5.74) is 3.72. The Bertz CT molecular complexity index is 1230. The van der Waals surface area contributed by atoms with Crippen molar-refractivity contribution in [1.29, 1.82) is 0 Å². The molecular formula is C29H27NO5. The highest BCUT2D eigenvalue weighted by Gasteiger charge is 2.22. The van der Waals surface area contributed by atoms with Crippen LogP contribution in [0.4, 0.5) is 0 Å². The molecule has 4 rings (SSSR count). The van der Waals surface area contributed by atoms with Gasteiger partial charge in [-0.15, -0.1) is 0 Å². The smallest absolute Gasteiger partial charge is 0.214 e. The summed E-state index contributed by atoms with van der Waals surface area (Å²) in [6.07, 6.45) is 0. The van der Waals surface area contributed by atoms with Gasteiger partial charge in [-0.25, -0.2) is 0 Å². The molecule has 0 aliphatic rings. The van der Waals surface area contributed by atoms with E-state index < -0.39 is 5.92 Å². The summed E-state index contributed by atoms with van der Waals surface area (Å²) in [4.78, 5) is 11.2. The summed E-state index contributed by atoms with van der Waals surface area (Å²) >= 11 is 0. The fraction of sp³-hybridized carbons (Fsp3) is 0.172. The minimum Gasteiger partial charge on any atom is -0.493 e. The van der Waals surface area contributed by atoms with Gasteiger partial charge in [0.25, 0.3) is 0 Å². The average Bonchev–Trinajstić information content (AvgIpc) is 2.91. The second-order valence-electron chi connectivity index (χ2n) is 8.10. The minimum atomic E-state index is -0.440. The van der Waals surface area contributed by atoms with Crippen LogP contribution in [0.3, 0.4) is 0 Å². The fourth-order valence-corrected chi connectivity index (χ4v) is 3.85. The van der Waals surface area contributed by atoms with Crippen LogP contribution in [0.5, 0.6) is 17.2 Å². The van der Waals surface area contributed by atoms with Gasteiger partial charge in [0.2, 0.25) is 6.54 Å². The highest BCUT2D eigenvalue weighted by atomic mass is 16.6. The van der Waals surface area contributed by atoms with Crippen LogP contribution in [-0.2, 0) is 13.2 Å². The summed E-state index contributed by atoms with van der Waals surface area (Å²) < 4.78 is 17.3. The van der Waals surface area contributed by atoms with Crippen molar-refractivity contribution in [3.05, 3.63) is 135 Å². The molecule has 0 aromatic heterocycles. The second kappa shape index (κ2) is 11.7. The lowest BCUT2D eigenvalue weighted by atomic mass is 9.91. The third-order valence-electron chi connectivity index (χ3n) is 5.69. The molecule has 0 N–H and O–H groups in total. The molecule has 0 amide bonds.